The molecule has 0 aliphatic rings. The molecule has 0 saturated carbocycles. The van der Waals surface area contributed by atoms with E-state index in [1.165, 1.54) is 11.3 Å². The molecular formula is C10H6N2O3S. The maximum atomic E-state index is 11.0. The molecule has 0 radical (unpaired) electrons. The molecule has 0 spiro atoms. The number of H-pyrrole nitrogens is 1. The van der Waals surface area contributed by atoms with Crippen LogP contribution in [0.1, 0.15) is 0 Å². The standard InChI is InChI=1S/C10H6N2O3S/c13-8-4-16-9(12-8)5-1-2-7-6(3-5)11-10(14)15-7/h1-4,13H,(H,11,14). The van der Waals surface area contributed by atoms with Crippen molar-refractivity contribution in [3.63, 3.8) is 0 Å². The maximum Gasteiger partial charge on any atom is 0.417 e. The second-order valence-electron chi connectivity index (χ2n) is 3.24. The number of aromatic hydroxyl groups is 1. The highest BCUT2D eigenvalue weighted by Gasteiger charge is 2.07. The van der Waals surface area contributed by atoms with E-state index in [1.54, 1.807) is 23.6 Å². The number of nitrogens with zero attached hydrogens (tertiary/aromatic N) is 1. The van der Waals surface area contributed by atoms with Crippen molar-refractivity contribution >= 4 is 22.4 Å². The number of nitrogens with one attached hydrogen (secondary N) is 1. The first-order valence-electron chi connectivity index (χ1n) is 4.50. The minimum absolute atomic E-state index is 0.000726. The van der Waals surface area contributed by atoms with Crippen LogP contribution in [0.15, 0.2) is 32.8 Å². The van der Waals surface area contributed by atoms with Crippen molar-refractivity contribution in [1.29, 1.82) is 0 Å². The molecule has 1 aromatic carbocycles. The number of aromatic nitrogens is 2. The Bertz CT molecular complexity index is 710. The van der Waals surface area contributed by atoms with Crippen molar-refractivity contribution in [2.75, 3.05) is 0 Å². The molecule has 0 aliphatic carbocycles. The van der Waals surface area contributed by atoms with Crippen LogP contribution in [0.4, 0.5) is 0 Å². The maximum absolute atomic E-state index is 11.0. The summed E-state index contributed by atoms with van der Waals surface area (Å²) in [6, 6.07) is 5.25. The van der Waals surface area contributed by atoms with E-state index in [4.69, 9.17) is 9.52 Å². The average Bonchev–Trinajstić information content (AvgIpc) is 2.81. The topological polar surface area (TPSA) is 79.1 Å². The molecule has 0 amide bonds. The fourth-order valence-corrected chi connectivity index (χ4v) is 2.16. The van der Waals surface area contributed by atoms with Crippen LogP contribution in [0.2, 0.25) is 0 Å². The lowest BCUT2D eigenvalue weighted by Gasteiger charge is -1.94. The lowest BCUT2D eigenvalue weighted by molar-refractivity contribution is 0.458. The number of benzene rings is 1. The molecule has 3 aromatic rings. The highest BCUT2D eigenvalue weighted by atomic mass is 32.1. The van der Waals surface area contributed by atoms with Crippen molar-refractivity contribution in [2.45, 2.75) is 0 Å². The van der Waals surface area contributed by atoms with Gasteiger partial charge in [-0.05, 0) is 18.2 Å². The third-order valence-electron chi connectivity index (χ3n) is 2.16. The lowest BCUT2D eigenvalue weighted by Crippen LogP contribution is -1.92. The van der Waals surface area contributed by atoms with Gasteiger partial charge in [-0.15, -0.1) is 11.3 Å². The number of rotatable bonds is 1. The Morgan fingerprint density at radius 3 is 3.06 bits per heavy atom. The molecule has 0 aliphatic heterocycles. The summed E-state index contributed by atoms with van der Waals surface area (Å²) in [4.78, 5) is 17.5. The molecule has 0 atom stereocenters. The fourth-order valence-electron chi connectivity index (χ4n) is 1.48. The van der Waals surface area contributed by atoms with Crippen molar-refractivity contribution in [3.05, 3.63) is 34.1 Å². The first-order chi connectivity index (χ1) is 7.72. The lowest BCUT2D eigenvalue weighted by atomic mass is 10.2. The van der Waals surface area contributed by atoms with Crippen LogP contribution in [0, 0.1) is 0 Å². The molecule has 3 rings (SSSR count). The average molecular weight is 234 g/mol. The predicted octanol–water partition coefficient (Wildman–Crippen LogP) is 1.95. The first kappa shape index (κ1) is 9.17. The zero-order valence-electron chi connectivity index (χ0n) is 7.93. The minimum Gasteiger partial charge on any atom is -0.493 e. The Balaban J connectivity index is 2.21. The van der Waals surface area contributed by atoms with Crippen molar-refractivity contribution in [3.8, 4) is 16.5 Å². The fraction of sp³-hybridized carbons (Fsp3) is 0. The third-order valence-corrected chi connectivity index (χ3v) is 3.04. The normalized spacial score (nSPS) is 11.0. The number of fused-ring (bicyclic) bond motifs is 1. The van der Waals surface area contributed by atoms with E-state index in [2.05, 4.69) is 9.97 Å². The summed E-state index contributed by atoms with van der Waals surface area (Å²) in [7, 11) is 0. The monoisotopic (exact) mass is 234 g/mol. The summed E-state index contributed by atoms with van der Waals surface area (Å²) in [5.41, 5.74) is 1.96. The van der Waals surface area contributed by atoms with Gasteiger partial charge in [-0.3, -0.25) is 4.98 Å². The summed E-state index contributed by atoms with van der Waals surface area (Å²) in [6.07, 6.45) is 0. The van der Waals surface area contributed by atoms with Gasteiger partial charge >= 0.3 is 5.76 Å². The molecule has 0 unspecified atom stereocenters. The highest BCUT2D eigenvalue weighted by Crippen LogP contribution is 2.28. The molecule has 5 nitrogen and oxygen atoms in total. The van der Waals surface area contributed by atoms with Crippen molar-refractivity contribution < 1.29 is 9.52 Å². The molecular weight excluding hydrogens is 228 g/mol. The van der Waals surface area contributed by atoms with Crippen LogP contribution in [0.3, 0.4) is 0 Å². The van der Waals surface area contributed by atoms with E-state index in [9.17, 15) is 4.79 Å². The number of hydrogen-bond acceptors (Lipinski definition) is 5. The SMILES string of the molecule is O=c1[nH]c2cc(-c3nc(O)cs3)ccc2o1. The third kappa shape index (κ3) is 1.40. The van der Waals surface area contributed by atoms with Crippen LogP contribution in [0.25, 0.3) is 21.7 Å². The molecule has 2 heterocycles. The van der Waals surface area contributed by atoms with Gasteiger partial charge in [0.25, 0.3) is 0 Å². The van der Waals surface area contributed by atoms with E-state index >= 15 is 0 Å². The summed E-state index contributed by atoms with van der Waals surface area (Å²) in [5, 5.41) is 11.4. The quantitative estimate of drug-likeness (QED) is 0.674. The van der Waals surface area contributed by atoms with Gasteiger partial charge in [0.1, 0.15) is 5.01 Å². The second kappa shape index (κ2) is 3.21. The van der Waals surface area contributed by atoms with E-state index in [1.807, 2.05) is 0 Å². The second-order valence-corrected chi connectivity index (χ2v) is 4.09. The Morgan fingerprint density at radius 1 is 1.44 bits per heavy atom. The number of hydrogen-bond donors (Lipinski definition) is 2. The van der Waals surface area contributed by atoms with Crippen molar-refractivity contribution in [1.82, 2.24) is 9.97 Å². The zero-order valence-corrected chi connectivity index (χ0v) is 8.75. The molecule has 0 saturated heterocycles. The number of thiazole rings is 1. The van der Waals surface area contributed by atoms with Crippen molar-refractivity contribution in [2.24, 2.45) is 0 Å². The first-order valence-corrected chi connectivity index (χ1v) is 5.38. The molecule has 2 aromatic heterocycles. The highest BCUT2D eigenvalue weighted by molar-refractivity contribution is 7.13. The Labute approximate surface area is 93.0 Å². The van der Waals surface area contributed by atoms with Crippen LogP contribution < -0.4 is 5.76 Å². The van der Waals surface area contributed by atoms with Crippen LogP contribution in [-0.2, 0) is 0 Å². The minimum atomic E-state index is -0.478. The van der Waals surface area contributed by atoms with Crippen LogP contribution >= 0.6 is 11.3 Å². The van der Waals surface area contributed by atoms with E-state index in [0.29, 0.717) is 16.1 Å². The van der Waals surface area contributed by atoms with E-state index in [-0.39, 0.29) is 5.88 Å². The van der Waals surface area contributed by atoms with Gasteiger partial charge < -0.3 is 9.52 Å². The zero-order chi connectivity index (χ0) is 11.1. The molecule has 80 valence electrons. The van der Waals surface area contributed by atoms with E-state index < -0.39 is 5.76 Å². The summed E-state index contributed by atoms with van der Waals surface area (Å²) in [6.45, 7) is 0. The molecule has 0 bridgehead atoms. The van der Waals surface area contributed by atoms with Gasteiger partial charge in [-0.2, -0.15) is 0 Å². The van der Waals surface area contributed by atoms with Gasteiger partial charge in [0.15, 0.2) is 5.58 Å². The predicted molar refractivity (Wildman–Crippen MR) is 59.6 cm³/mol. The summed E-state index contributed by atoms with van der Waals surface area (Å²) >= 11 is 1.33. The number of oxazole rings is 1. The molecule has 6 heteroatoms. The molecule has 2 N–H and O–H groups in total. The Morgan fingerprint density at radius 2 is 2.31 bits per heavy atom. The Hall–Kier alpha value is -2.08. The van der Waals surface area contributed by atoms with Gasteiger partial charge in [0.05, 0.1) is 10.9 Å². The van der Waals surface area contributed by atoms with Gasteiger partial charge in [-0.1, -0.05) is 0 Å². The van der Waals surface area contributed by atoms with Gasteiger partial charge in [0, 0.05) is 5.56 Å². The summed E-state index contributed by atoms with van der Waals surface area (Å²) < 4.78 is 4.89. The van der Waals surface area contributed by atoms with Gasteiger partial charge in [-0.25, -0.2) is 9.78 Å². The molecule has 0 fully saturated rings. The van der Waals surface area contributed by atoms with E-state index in [0.717, 1.165) is 5.56 Å². The smallest absolute Gasteiger partial charge is 0.417 e. The van der Waals surface area contributed by atoms with Crippen LogP contribution in [0.5, 0.6) is 5.88 Å². The molecule has 16 heavy (non-hydrogen) atoms. The number of aromatic amines is 1. The largest absolute Gasteiger partial charge is 0.493 e. The summed E-state index contributed by atoms with van der Waals surface area (Å²) in [5.74, 6) is -0.477. The van der Waals surface area contributed by atoms with Crippen LogP contribution in [-0.4, -0.2) is 15.1 Å². The van der Waals surface area contributed by atoms with Gasteiger partial charge in [0.2, 0.25) is 5.88 Å². The Kier molecular flexibility index (Phi) is 1.84.